The van der Waals surface area contributed by atoms with Crippen LogP contribution in [0, 0.1) is 27.1 Å². The number of aromatic nitrogens is 8. The summed E-state index contributed by atoms with van der Waals surface area (Å²) in [5.41, 5.74) is 35.8. The number of rotatable bonds is 4. The van der Waals surface area contributed by atoms with Crippen molar-refractivity contribution >= 4 is 65.2 Å². The highest BCUT2D eigenvalue weighted by Gasteiger charge is 2.53. The lowest BCUT2D eigenvalue weighted by molar-refractivity contribution is -0.0273. The number of carbonyl (C=O) groups is 4. The van der Waals surface area contributed by atoms with Crippen LogP contribution in [0.4, 0.5) is 36.6 Å². The van der Waals surface area contributed by atoms with Crippen LogP contribution >= 0.6 is 23.4 Å². The number of fused-ring (bicyclic) bond motifs is 5. The van der Waals surface area contributed by atoms with Gasteiger partial charge in [0.15, 0.2) is 33.0 Å². The molecule has 5 atom stereocenters. The van der Waals surface area contributed by atoms with Crippen LogP contribution in [0.3, 0.4) is 0 Å². The Bertz CT molecular complexity index is 5300. The monoisotopic (exact) mass is 1770 g/mol. The Morgan fingerprint density at radius 3 is 1.20 bits per heavy atom. The van der Waals surface area contributed by atoms with E-state index in [2.05, 4.69) is 50.5 Å². The van der Waals surface area contributed by atoms with Crippen LogP contribution in [0.5, 0.6) is 0 Å². The zero-order valence-electron chi connectivity index (χ0n) is 74.5. The highest BCUT2D eigenvalue weighted by molar-refractivity contribution is 7.99. The summed E-state index contributed by atoms with van der Waals surface area (Å²) in [5.74, 6) is 1.68. The number of nitrogens with zero attached hydrogens (tertiary/aromatic N) is 16. The number of amides is 4. The van der Waals surface area contributed by atoms with E-state index in [0.717, 1.165) is 118 Å². The van der Waals surface area contributed by atoms with Crippen LogP contribution in [0.25, 0.3) is 10.4 Å². The van der Waals surface area contributed by atoms with Gasteiger partial charge in [0.25, 0.3) is 0 Å². The van der Waals surface area contributed by atoms with Gasteiger partial charge in [-0.3, -0.25) is 24.0 Å². The van der Waals surface area contributed by atoms with Crippen molar-refractivity contribution in [3.8, 4) is 0 Å². The minimum atomic E-state index is -0.655. The zero-order chi connectivity index (χ0) is 91.2. The molecule has 0 saturated carbocycles. The van der Waals surface area contributed by atoms with Crippen molar-refractivity contribution in [2.24, 2.45) is 43.7 Å². The van der Waals surface area contributed by atoms with Gasteiger partial charge in [0, 0.05) is 256 Å². The Morgan fingerprint density at radius 2 is 0.794 bits per heavy atom. The van der Waals surface area contributed by atoms with Crippen molar-refractivity contribution in [3.05, 3.63) is 205 Å². The van der Waals surface area contributed by atoms with Gasteiger partial charge in [-0.15, -0.1) is 0 Å². The number of nitrogen functional groups attached to an aromatic ring is 2. The fourth-order valence-electron chi connectivity index (χ4n) is 19.4. The van der Waals surface area contributed by atoms with Crippen molar-refractivity contribution in [1.82, 2.24) is 57.4 Å². The molecule has 10 aliphatic rings. The SMILES string of the molecule is CC(C)(C)OC(=O)N1CCC2(CC1)Cn1ccc(=O)cc1C2N.CC(C)(C)OC(=O)N1CCC2(CC1)Cn1ccc(=O)cc1C2N=[N+]=[N-].CC(C)(C)OC(=O)N1CCC2(CC1)Cn1ccc(=O)cc1C2O.CC1c2cc(=O)ccn2CC12CCN(C(=O)OC(C)(C)C)CC2.Nc1nc(N2CCC3(CC2)Cn2ccc(=O)cc2C3N)cnc1Sc1ccnc(N)c1Cl. The molecule has 4 amide bonds. The van der Waals surface area contributed by atoms with E-state index in [4.69, 9.17) is 59.0 Å². The number of aliphatic hydroxyl groups excluding tert-OH is 1. The van der Waals surface area contributed by atoms with E-state index in [0.29, 0.717) is 106 Å². The van der Waals surface area contributed by atoms with E-state index in [9.17, 15) is 48.3 Å². The number of halogens is 1. The second kappa shape index (κ2) is 36.2. The van der Waals surface area contributed by atoms with Crippen LogP contribution in [0.1, 0.15) is 213 Å². The Hall–Kier alpha value is -10.7. The number of likely N-dealkylation sites (tertiary alicyclic amines) is 4. The number of hydrogen-bond acceptors (Lipinski definition) is 24. The molecule has 17 rings (SSSR count). The van der Waals surface area contributed by atoms with Gasteiger partial charge in [-0.25, -0.2) is 34.1 Å². The molecule has 0 radical (unpaired) electrons. The van der Waals surface area contributed by atoms with Gasteiger partial charge in [0.1, 0.15) is 45.2 Å². The number of carbonyl (C=O) groups excluding carboxylic acids is 4. The summed E-state index contributed by atoms with van der Waals surface area (Å²) in [6.07, 6.45) is 18.8. The number of azide groups is 1. The third-order valence-corrected chi connectivity index (χ3v) is 28.0. The molecule has 126 heavy (non-hydrogen) atoms. The molecular formula is C90H121ClN20O14S. The predicted molar refractivity (Wildman–Crippen MR) is 479 cm³/mol. The maximum atomic E-state index is 12.3. The smallest absolute Gasteiger partial charge is 0.410 e. The Labute approximate surface area is 741 Å². The van der Waals surface area contributed by atoms with Crippen LogP contribution in [0.2, 0.25) is 5.02 Å². The molecule has 0 bridgehead atoms. The van der Waals surface area contributed by atoms with Gasteiger partial charge < -0.3 is 94.3 Å². The Kier molecular flexibility index (Phi) is 26.7. The van der Waals surface area contributed by atoms with E-state index in [1.165, 1.54) is 30.0 Å². The second-order valence-corrected chi connectivity index (χ2v) is 40.9. The lowest BCUT2D eigenvalue weighted by Gasteiger charge is -2.41. The van der Waals surface area contributed by atoms with Crippen LogP contribution < -0.4 is 55.0 Å². The lowest BCUT2D eigenvalue weighted by Crippen LogP contribution is -2.47. The van der Waals surface area contributed by atoms with Gasteiger partial charge in [0.2, 0.25) is 0 Å². The van der Waals surface area contributed by atoms with Crippen LogP contribution in [-0.4, -0.2) is 175 Å². The third kappa shape index (κ3) is 20.6. The summed E-state index contributed by atoms with van der Waals surface area (Å²) < 4.78 is 32.1. The maximum Gasteiger partial charge on any atom is 0.410 e. The molecule has 7 aromatic heterocycles. The number of ether oxygens (including phenoxy) is 4. The van der Waals surface area contributed by atoms with E-state index >= 15 is 0 Å². The standard InChI is InChI=1S/C21H23ClN8OS.C18H26N2O3.C17H23N5O3.C17H25N3O3.C17H24N2O4/c22-16-14(1-5-26-18(16)24)32-20-19(25)28-15(10-27-20)29-7-3-21(4-8-29)11-30-6-2-12(31)9-13(30)17(21)23;1-13-15-11-14(21)5-8-20(15)12-18(13)6-9-19(10-7-18)16(22)23-17(2,3)4;1-16(2,3)25-15(24)21-8-5-17(6-9-21)11-22-7-4-12(23)10-13(22)14(17)19-20-18;1-16(2,3)23-15(22)19-8-5-17(6-9-19)11-20-7-4-12(21)10-13(20)14(17)18;1-16(2,3)23-15(22)18-8-5-17(6-9-18)11-19-7-4-12(20)10-13(19)14(17)21/h1-2,5-6,9-10,17H,3-4,7-8,11,23H2,(H2,24,26)(H2,25,28);5,8,11,13H,6-7,9-10,12H2,1-4H3;4,7,10,14H,5-6,8-9,11H2,1-3H3;4,7,10,14H,5-6,8-9,11,18H2,1-3H3;4,7,10,14,21H,5-6,8-9,11H2,1-3H3. The molecule has 678 valence electrons. The number of aliphatic hydroxyl groups is 1. The number of hydrogen-bond donors (Lipinski definition) is 5. The summed E-state index contributed by atoms with van der Waals surface area (Å²) in [6, 6.07) is 17.0. The first-order valence-electron chi connectivity index (χ1n) is 43.3. The molecule has 17 heterocycles. The van der Waals surface area contributed by atoms with Crippen LogP contribution in [-0.2, 0) is 51.7 Å². The first-order valence-corrected chi connectivity index (χ1v) is 44.5. The average Bonchev–Trinajstić information content (AvgIpc) is 1.60. The number of piperidine rings is 5. The van der Waals surface area contributed by atoms with Crippen molar-refractivity contribution in [2.75, 3.05) is 81.8 Å². The first-order chi connectivity index (χ1) is 59.2. The largest absolute Gasteiger partial charge is 0.444 e. The Morgan fingerprint density at radius 1 is 0.468 bits per heavy atom. The molecule has 7 aromatic rings. The lowest BCUT2D eigenvalue weighted by atomic mass is 9.70. The third-order valence-electron chi connectivity index (χ3n) is 26.4. The molecule has 0 aromatic carbocycles. The molecule has 0 aliphatic carbocycles. The number of anilines is 3. The van der Waals surface area contributed by atoms with E-state index in [-0.39, 0.29) is 103 Å². The minimum absolute atomic E-state index is 0.000588. The van der Waals surface area contributed by atoms with Crippen LogP contribution in [0.15, 0.2) is 149 Å². The summed E-state index contributed by atoms with van der Waals surface area (Å²) in [5, 5.41) is 15.6. The molecule has 5 unspecified atom stereocenters. The zero-order valence-corrected chi connectivity index (χ0v) is 76.0. The summed E-state index contributed by atoms with van der Waals surface area (Å²) >= 11 is 7.53. The fourth-order valence-corrected chi connectivity index (χ4v) is 20.4. The molecule has 5 spiro atoms. The number of nitrogens with two attached hydrogens (primary N) is 4. The van der Waals surface area contributed by atoms with Gasteiger partial charge in [0.05, 0.1) is 35.0 Å². The topological polar surface area (TPSA) is 443 Å². The summed E-state index contributed by atoms with van der Waals surface area (Å²) in [7, 11) is 0. The van der Waals surface area contributed by atoms with Gasteiger partial charge in [-0.1, -0.05) is 35.4 Å². The highest BCUT2D eigenvalue weighted by Crippen LogP contribution is 2.55. The highest BCUT2D eigenvalue weighted by atomic mass is 35.5. The van der Waals surface area contributed by atoms with Crippen molar-refractivity contribution in [1.29, 1.82) is 0 Å². The quantitative estimate of drug-likeness (QED) is 0.0473. The molecule has 5 fully saturated rings. The van der Waals surface area contributed by atoms with E-state index < -0.39 is 28.5 Å². The summed E-state index contributed by atoms with van der Waals surface area (Å²) in [6.45, 7) is 35.1. The summed E-state index contributed by atoms with van der Waals surface area (Å²) in [4.78, 5) is 133. The van der Waals surface area contributed by atoms with Gasteiger partial charge in [-0.2, -0.15) is 0 Å². The molecule has 36 heteroatoms. The van der Waals surface area contributed by atoms with E-state index in [1.54, 1.807) is 88.0 Å². The van der Waals surface area contributed by atoms with Crippen molar-refractivity contribution < 1.29 is 43.2 Å². The van der Waals surface area contributed by atoms with Crippen molar-refractivity contribution in [2.45, 2.75) is 249 Å². The molecule has 9 N–H and O–H groups in total. The molecule has 5 saturated heterocycles. The van der Waals surface area contributed by atoms with Gasteiger partial charge >= 0.3 is 24.4 Å². The Balaban J connectivity index is 0.000000136. The average molecular weight is 1770 g/mol. The number of pyridine rings is 6. The first kappa shape index (κ1) is 92.9. The second-order valence-electron chi connectivity index (χ2n) is 39.5. The molecular weight excluding hydrogens is 1650 g/mol. The minimum Gasteiger partial charge on any atom is -0.444 e. The molecule has 10 aliphatic heterocycles. The predicted octanol–water partition coefficient (Wildman–Crippen LogP) is 12.3. The van der Waals surface area contributed by atoms with Crippen molar-refractivity contribution in [3.63, 3.8) is 0 Å². The normalized spacial score (nSPS) is 21.8. The van der Waals surface area contributed by atoms with Gasteiger partial charge in [-0.05, 0) is 164 Å². The maximum absolute atomic E-state index is 12.3. The fraction of sp³-hybridized carbons (Fsp3) is 0.578. The molecule has 34 nitrogen and oxygen atoms in total. The van der Waals surface area contributed by atoms with E-state index in [1.807, 2.05) is 116 Å².